The molecule has 9 heteroatoms. The molecule has 182 valence electrons. The maximum Gasteiger partial charge on any atom is 0.191 e. The minimum atomic E-state index is -0.545. The first-order chi connectivity index (χ1) is 14.9. The number of rotatable bonds is 7. The maximum atomic E-state index is 14.2. The highest BCUT2D eigenvalue weighted by molar-refractivity contribution is 14.0. The fourth-order valence-corrected chi connectivity index (χ4v) is 4.43. The second kappa shape index (κ2) is 12.9. The largest absolute Gasteiger partial charge is 0.367 e. The minimum Gasteiger partial charge on any atom is -0.367 e. The second-order valence-electron chi connectivity index (χ2n) is 9.04. The number of hydrogen-bond acceptors (Lipinski definition) is 4. The first-order valence-corrected chi connectivity index (χ1v) is 11.5. The third kappa shape index (κ3) is 7.41. The molecular formula is C23H39F2IN6. The fourth-order valence-electron chi connectivity index (χ4n) is 4.43. The number of guanidine groups is 1. The third-order valence-corrected chi connectivity index (χ3v) is 6.34. The SMILES string of the molecule is CCNC(=NCC(C(C)C)N1CCN(C)CC1)NC1CCN(c2ccc(F)cc2F)C1.I. The normalized spacial score (nSPS) is 21.5. The number of hydrogen-bond donors (Lipinski definition) is 2. The lowest BCUT2D eigenvalue weighted by molar-refractivity contribution is 0.0925. The molecule has 0 spiro atoms. The molecule has 2 unspecified atom stereocenters. The summed E-state index contributed by atoms with van der Waals surface area (Å²) in [6.45, 7) is 13.9. The van der Waals surface area contributed by atoms with Crippen LogP contribution in [0.1, 0.15) is 27.2 Å². The van der Waals surface area contributed by atoms with Crippen LogP contribution in [0.5, 0.6) is 0 Å². The molecule has 2 N–H and O–H groups in total. The molecule has 0 aliphatic carbocycles. The predicted molar refractivity (Wildman–Crippen MR) is 139 cm³/mol. The molecule has 0 radical (unpaired) electrons. The number of nitrogens with zero attached hydrogens (tertiary/aromatic N) is 4. The Morgan fingerprint density at radius 3 is 2.50 bits per heavy atom. The number of nitrogens with one attached hydrogen (secondary N) is 2. The van der Waals surface area contributed by atoms with Crippen LogP contribution in [0.25, 0.3) is 0 Å². The van der Waals surface area contributed by atoms with Crippen molar-refractivity contribution in [3.8, 4) is 0 Å². The smallest absolute Gasteiger partial charge is 0.191 e. The Hall–Kier alpha value is -1.20. The van der Waals surface area contributed by atoms with Crippen molar-refractivity contribution in [2.45, 2.75) is 39.3 Å². The molecule has 2 saturated heterocycles. The van der Waals surface area contributed by atoms with Crippen molar-refractivity contribution < 1.29 is 8.78 Å². The van der Waals surface area contributed by atoms with Crippen LogP contribution in [0.4, 0.5) is 14.5 Å². The Morgan fingerprint density at radius 1 is 1.16 bits per heavy atom. The van der Waals surface area contributed by atoms with Crippen molar-refractivity contribution in [2.75, 3.05) is 64.3 Å². The number of aliphatic imine (C=N–C) groups is 1. The molecule has 1 aromatic carbocycles. The summed E-state index contributed by atoms with van der Waals surface area (Å²) in [5.41, 5.74) is 0.461. The van der Waals surface area contributed by atoms with Crippen molar-refractivity contribution in [3.05, 3.63) is 29.8 Å². The molecule has 2 heterocycles. The summed E-state index contributed by atoms with van der Waals surface area (Å²) in [7, 11) is 2.18. The molecule has 0 bridgehead atoms. The van der Waals surface area contributed by atoms with Gasteiger partial charge in [-0.1, -0.05) is 13.8 Å². The Bertz CT molecular complexity index is 739. The average molecular weight is 565 g/mol. The summed E-state index contributed by atoms with van der Waals surface area (Å²) in [6, 6.07) is 4.37. The Labute approximate surface area is 208 Å². The first kappa shape index (κ1) is 27.0. The molecule has 0 aromatic heterocycles. The summed E-state index contributed by atoms with van der Waals surface area (Å²) >= 11 is 0. The van der Waals surface area contributed by atoms with Gasteiger partial charge in [-0.2, -0.15) is 0 Å². The zero-order valence-electron chi connectivity index (χ0n) is 19.8. The molecule has 32 heavy (non-hydrogen) atoms. The highest BCUT2D eigenvalue weighted by Crippen LogP contribution is 2.24. The molecule has 2 aliphatic rings. The molecule has 2 fully saturated rings. The van der Waals surface area contributed by atoms with Gasteiger partial charge in [0.25, 0.3) is 0 Å². The van der Waals surface area contributed by atoms with Crippen LogP contribution in [0.15, 0.2) is 23.2 Å². The van der Waals surface area contributed by atoms with E-state index in [0.29, 0.717) is 24.2 Å². The summed E-state index contributed by atoms with van der Waals surface area (Å²) in [5, 5.41) is 6.88. The van der Waals surface area contributed by atoms with E-state index < -0.39 is 11.6 Å². The van der Waals surface area contributed by atoms with E-state index in [1.807, 2.05) is 4.90 Å². The van der Waals surface area contributed by atoms with Crippen molar-refractivity contribution in [1.82, 2.24) is 20.4 Å². The van der Waals surface area contributed by atoms with Crippen LogP contribution in [-0.2, 0) is 0 Å². The van der Waals surface area contributed by atoms with Crippen molar-refractivity contribution in [3.63, 3.8) is 0 Å². The third-order valence-electron chi connectivity index (χ3n) is 6.34. The van der Waals surface area contributed by atoms with Gasteiger partial charge in [0.1, 0.15) is 11.6 Å². The predicted octanol–water partition coefficient (Wildman–Crippen LogP) is 2.99. The minimum absolute atomic E-state index is 0. The lowest BCUT2D eigenvalue weighted by atomic mass is 10.0. The molecule has 6 nitrogen and oxygen atoms in total. The summed E-state index contributed by atoms with van der Waals surface area (Å²) in [6.07, 6.45) is 0.882. The monoisotopic (exact) mass is 564 g/mol. The van der Waals surface area contributed by atoms with Crippen LogP contribution in [0.3, 0.4) is 0 Å². The van der Waals surface area contributed by atoms with Gasteiger partial charge in [-0.25, -0.2) is 8.78 Å². The lowest BCUT2D eigenvalue weighted by Crippen LogP contribution is -2.52. The van der Waals surface area contributed by atoms with Crippen LogP contribution in [0, 0.1) is 17.6 Å². The van der Waals surface area contributed by atoms with Crippen molar-refractivity contribution >= 4 is 35.6 Å². The van der Waals surface area contributed by atoms with E-state index in [0.717, 1.165) is 64.3 Å². The topological polar surface area (TPSA) is 46.1 Å². The van der Waals surface area contributed by atoms with Gasteiger partial charge >= 0.3 is 0 Å². The van der Waals surface area contributed by atoms with Gasteiger partial charge < -0.3 is 20.4 Å². The molecule has 0 saturated carbocycles. The van der Waals surface area contributed by atoms with Crippen molar-refractivity contribution in [2.24, 2.45) is 10.9 Å². The van der Waals surface area contributed by atoms with Gasteiger partial charge in [0, 0.05) is 64.0 Å². The highest BCUT2D eigenvalue weighted by atomic mass is 127. The summed E-state index contributed by atoms with van der Waals surface area (Å²) in [5.74, 6) is 0.289. The maximum absolute atomic E-state index is 14.2. The van der Waals surface area contributed by atoms with E-state index in [1.54, 1.807) is 0 Å². The van der Waals surface area contributed by atoms with Crippen LogP contribution in [0.2, 0.25) is 0 Å². The molecule has 2 atom stereocenters. The van der Waals surface area contributed by atoms with E-state index >= 15 is 0 Å². The number of anilines is 1. The zero-order valence-corrected chi connectivity index (χ0v) is 22.1. The van der Waals surface area contributed by atoms with Gasteiger partial charge in [-0.05, 0) is 38.4 Å². The Kier molecular flexibility index (Phi) is 10.9. The van der Waals surface area contributed by atoms with E-state index in [-0.39, 0.29) is 30.0 Å². The van der Waals surface area contributed by atoms with Gasteiger partial charge in [-0.3, -0.25) is 9.89 Å². The Morgan fingerprint density at radius 2 is 1.88 bits per heavy atom. The highest BCUT2D eigenvalue weighted by Gasteiger charge is 2.27. The number of likely N-dealkylation sites (N-methyl/N-ethyl adjacent to an activating group) is 1. The fraction of sp³-hybridized carbons (Fsp3) is 0.696. The van der Waals surface area contributed by atoms with Gasteiger partial charge in [0.15, 0.2) is 5.96 Å². The van der Waals surface area contributed by atoms with Gasteiger partial charge in [0.2, 0.25) is 0 Å². The van der Waals surface area contributed by atoms with E-state index in [9.17, 15) is 8.78 Å². The van der Waals surface area contributed by atoms with Crippen LogP contribution in [-0.4, -0.2) is 87.2 Å². The van der Waals surface area contributed by atoms with Gasteiger partial charge in [0.05, 0.1) is 12.2 Å². The molecule has 1 aromatic rings. The van der Waals surface area contributed by atoms with Crippen LogP contribution < -0.4 is 15.5 Å². The van der Waals surface area contributed by atoms with Crippen molar-refractivity contribution in [1.29, 1.82) is 0 Å². The van der Waals surface area contributed by atoms with E-state index in [2.05, 4.69) is 48.3 Å². The summed E-state index contributed by atoms with van der Waals surface area (Å²) < 4.78 is 27.4. The molecule has 3 rings (SSSR count). The standard InChI is InChI=1S/C23H38F2N6.HI/c1-5-26-23(27-15-22(17(2)3)30-12-10-29(4)11-13-30)28-19-8-9-31(16-19)21-7-6-18(24)14-20(21)25;/h6-7,14,17,19,22H,5,8-13,15-16H2,1-4H3,(H2,26,27,28);1H. The first-order valence-electron chi connectivity index (χ1n) is 11.5. The summed E-state index contributed by atoms with van der Waals surface area (Å²) in [4.78, 5) is 11.8. The molecular weight excluding hydrogens is 525 g/mol. The quantitative estimate of drug-likeness (QED) is 0.303. The second-order valence-corrected chi connectivity index (χ2v) is 9.04. The molecule has 2 aliphatic heterocycles. The van der Waals surface area contributed by atoms with Crippen LogP contribution >= 0.6 is 24.0 Å². The van der Waals surface area contributed by atoms with E-state index in [1.165, 1.54) is 12.1 Å². The molecule has 0 amide bonds. The number of piperazine rings is 1. The van der Waals surface area contributed by atoms with Gasteiger partial charge in [-0.15, -0.1) is 24.0 Å². The van der Waals surface area contributed by atoms with E-state index in [4.69, 9.17) is 4.99 Å². The zero-order chi connectivity index (χ0) is 22.4. The number of halogens is 3. The lowest BCUT2D eigenvalue weighted by Gasteiger charge is -2.39. The number of benzene rings is 1. The Balaban J connectivity index is 0.00000363. The average Bonchev–Trinajstić information content (AvgIpc) is 3.17.